The minimum absolute atomic E-state index is 0.00174. The van der Waals surface area contributed by atoms with Gasteiger partial charge in [0, 0.05) is 6.20 Å². The van der Waals surface area contributed by atoms with Gasteiger partial charge in [-0.25, -0.2) is 9.67 Å². The van der Waals surface area contributed by atoms with Crippen LogP contribution in [0.4, 0.5) is 8.78 Å². The van der Waals surface area contributed by atoms with Gasteiger partial charge < -0.3 is 4.74 Å². The molecule has 3 rings (SSSR count). The molecule has 23 heavy (non-hydrogen) atoms. The summed E-state index contributed by atoms with van der Waals surface area (Å²) in [6, 6.07) is 3.03. The van der Waals surface area contributed by atoms with Gasteiger partial charge in [-0.2, -0.15) is 13.8 Å². The molecule has 1 aromatic carbocycles. The molecule has 0 radical (unpaired) electrons. The third kappa shape index (κ3) is 3.07. The van der Waals surface area contributed by atoms with E-state index >= 15 is 0 Å². The Morgan fingerprint density at radius 3 is 2.39 bits per heavy atom. The molecule has 0 saturated heterocycles. The SMILES string of the molecule is Cc1cc(OC(F)F)cc(C)c1-n1cc2c(Cl)nc(Cl)nc2n1. The molecule has 0 saturated carbocycles. The van der Waals surface area contributed by atoms with Crippen molar-refractivity contribution in [2.24, 2.45) is 0 Å². The topological polar surface area (TPSA) is 52.8 Å². The van der Waals surface area contributed by atoms with Crippen molar-refractivity contribution in [2.45, 2.75) is 20.5 Å². The standard InChI is InChI=1S/C14H10Cl2F2N4O/c1-6-3-8(23-14(17)18)4-7(2)10(6)22-5-9-11(15)19-13(16)20-12(9)21-22/h3-5,14H,1-2H3. The van der Waals surface area contributed by atoms with E-state index in [2.05, 4.69) is 19.8 Å². The highest BCUT2D eigenvalue weighted by Crippen LogP contribution is 2.28. The molecule has 0 aliphatic heterocycles. The van der Waals surface area contributed by atoms with Crippen molar-refractivity contribution in [3.8, 4) is 11.4 Å². The molecule has 3 aromatic rings. The van der Waals surface area contributed by atoms with Crippen molar-refractivity contribution >= 4 is 34.2 Å². The molecule has 2 aromatic heterocycles. The molecule has 9 heteroatoms. The second-order valence-electron chi connectivity index (χ2n) is 4.88. The molecule has 0 bridgehead atoms. The summed E-state index contributed by atoms with van der Waals surface area (Å²) < 4.78 is 30.7. The fourth-order valence-electron chi connectivity index (χ4n) is 2.41. The van der Waals surface area contributed by atoms with E-state index < -0.39 is 6.61 Å². The molecule has 0 fully saturated rings. The largest absolute Gasteiger partial charge is 0.435 e. The van der Waals surface area contributed by atoms with Crippen LogP contribution in [0.5, 0.6) is 5.75 Å². The van der Waals surface area contributed by atoms with Crippen molar-refractivity contribution in [2.75, 3.05) is 0 Å². The second-order valence-corrected chi connectivity index (χ2v) is 5.57. The van der Waals surface area contributed by atoms with E-state index in [4.69, 9.17) is 23.2 Å². The Balaban J connectivity index is 2.13. The van der Waals surface area contributed by atoms with E-state index in [0.717, 1.165) is 5.69 Å². The maximum absolute atomic E-state index is 12.3. The average Bonchev–Trinajstić information content (AvgIpc) is 2.80. The number of hydrogen-bond acceptors (Lipinski definition) is 4. The van der Waals surface area contributed by atoms with Gasteiger partial charge in [0.2, 0.25) is 5.28 Å². The number of alkyl halides is 2. The third-order valence-electron chi connectivity index (χ3n) is 3.22. The fourth-order valence-corrected chi connectivity index (χ4v) is 2.83. The molecule has 2 heterocycles. The van der Waals surface area contributed by atoms with E-state index in [1.54, 1.807) is 24.7 Å². The van der Waals surface area contributed by atoms with Crippen LogP contribution in [0, 0.1) is 13.8 Å². The maximum Gasteiger partial charge on any atom is 0.387 e. The summed E-state index contributed by atoms with van der Waals surface area (Å²) in [5, 5.41) is 5.06. The summed E-state index contributed by atoms with van der Waals surface area (Å²) in [6.07, 6.45) is 1.66. The van der Waals surface area contributed by atoms with Crippen LogP contribution in [0.2, 0.25) is 10.4 Å². The molecule has 0 spiro atoms. The van der Waals surface area contributed by atoms with Crippen LogP contribution in [-0.4, -0.2) is 26.4 Å². The summed E-state index contributed by atoms with van der Waals surface area (Å²) in [5.41, 5.74) is 2.49. The number of fused-ring (bicyclic) bond motifs is 1. The molecule has 5 nitrogen and oxygen atoms in total. The predicted molar refractivity (Wildman–Crippen MR) is 82.8 cm³/mol. The maximum atomic E-state index is 12.3. The Morgan fingerprint density at radius 2 is 1.78 bits per heavy atom. The van der Waals surface area contributed by atoms with Gasteiger partial charge in [-0.15, -0.1) is 5.10 Å². The van der Waals surface area contributed by atoms with Crippen molar-refractivity contribution in [1.82, 2.24) is 19.7 Å². The highest BCUT2D eigenvalue weighted by molar-refractivity contribution is 6.35. The van der Waals surface area contributed by atoms with Gasteiger partial charge in [-0.1, -0.05) is 11.6 Å². The zero-order chi connectivity index (χ0) is 16.7. The zero-order valence-corrected chi connectivity index (χ0v) is 13.5. The number of aryl methyl sites for hydroxylation is 2. The minimum Gasteiger partial charge on any atom is -0.435 e. The summed E-state index contributed by atoms with van der Waals surface area (Å²) in [7, 11) is 0. The van der Waals surface area contributed by atoms with Gasteiger partial charge in [-0.3, -0.25) is 0 Å². The molecular weight excluding hydrogens is 349 g/mol. The first-order valence-corrected chi connectivity index (χ1v) is 7.25. The summed E-state index contributed by atoms with van der Waals surface area (Å²) in [5.74, 6) is 0.0938. The Morgan fingerprint density at radius 1 is 1.13 bits per heavy atom. The van der Waals surface area contributed by atoms with Crippen LogP contribution in [0.15, 0.2) is 18.3 Å². The number of hydrogen-bond donors (Lipinski definition) is 0. The second kappa shape index (κ2) is 5.90. The van der Waals surface area contributed by atoms with E-state index in [0.29, 0.717) is 22.2 Å². The van der Waals surface area contributed by atoms with Gasteiger partial charge in [0.15, 0.2) is 5.65 Å². The van der Waals surface area contributed by atoms with E-state index in [9.17, 15) is 8.78 Å². The number of nitrogens with zero attached hydrogens (tertiary/aromatic N) is 4. The smallest absolute Gasteiger partial charge is 0.387 e. The van der Waals surface area contributed by atoms with Crippen molar-refractivity contribution in [3.63, 3.8) is 0 Å². The lowest BCUT2D eigenvalue weighted by Gasteiger charge is -2.12. The normalized spacial score (nSPS) is 11.4. The number of halogens is 4. The number of benzene rings is 1. The van der Waals surface area contributed by atoms with E-state index in [1.165, 1.54) is 12.1 Å². The molecule has 0 N–H and O–H groups in total. The quantitative estimate of drug-likeness (QED) is 0.516. The monoisotopic (exact) mass is 358 g/mol. The molecule has 0 unspecified atom stereocenters. The first kappa shape index (κ1) is 15.9. The predicted octanol–water partition coefficient (Wildman–Crippen LogP) is 4.34. The first-order valence-electron chi connectivity index (χ1n) is 6.50. The van der Waals surface area contributed by atoms with Crippen LogP contribution < -0.4 is 4.74 Å². The summed E-state index contributed by atoms with van der Waals surface area (Å²) >= 11 is 11.8. The highest BCUT2D eigenvalue weighted by atomic mass is 35.5. The van der Waals surface area contributed by atoms with Crippen LogP contribution in [0.25, 0.3) is 16.7 Å². The summed E-state index contributed by atoms with van der Waals surface area (Å²) in [6.45, 7) is 0.670. The fraction of sp³-hybridized carbons (Fsp3) is 0.214. The molecule has 0 aliphatic carbocycles. The van der Waals surface area contributed by atoms with Gasteiger partial charge in [0.1, 0.15) is 10.9 Å². The lowest BCUT2D eigenvalue weighted by atomic mass is 10.1. The van der Waals surface area contributed by atoms with Gasteiger partial charge in [-0.05, 0) is 48.7 Å². The van der Waals surface area contributed by atoms with Gasteiger partial charge in [0.25, 0.3) is 0 Å². The minimum atomic E-state index is -2.87. The lowest BCUT2D eigenvalue weighted by molar-refractivity contribution is -0.0498. The molecule has 0 amide bonds. The van der Waals surface area contributed by atoms with Crippen LogP contribution in [0.1, 0.15) is 11.1 Å². The molecule has 0 atom stereocenters. The molecule has 0 aliphatic rings. The van der Waals surface area contributed by atoms with Crippen LogP contribution >= 0.6 is 23.2 Å². The Labute approximate surface area is 139 Å². The average molecular weight is 359 g/mol. The number of ether oxygens (including phenoxy) is 1. The van der Waals surface area contributed by atoms with Crippen molar-refractivity contribution in [3.05, 3.63) is 39.9 Å². The third-order valence-corrected chi connectivity index (χ3v) is 3.68. The zero-order valence-electron chi connectivity index (χ0n) is 12.0. The van der Waals surface area contributed by atoms with E-state index in [1.807, 2.05) is 0 Å². The van der Waals surface area contributed by atoms with E-state index in [-0.39, 0.29) is 16.2 Å². The molecule has 120 valence electrons. The number of rotatable bonds is 3. The lowest BCUT2D eigenvalue weighted by Crippen LogP contribution is -2.05. The van der Waals surface area contributed by atoms with Crippen LogP contribution in [0.3, 0.4) is 0 Å². The van der Waals surface area contributed by atoms with Crippen molar-refractivity contribution in [1.29, 1.82) is 0 Å². The van der Waals surface area contributed by atoms with Gasteiger partial charge >= 0.3 is 6.61 Å². The molecular formula is C14H10Cl2F2N4O. The Hall–Kier alpha value is -1.99. The highest BCUT2D eigenvalue weighted by Gasteiger charge is 2.15. The van der Waals surface area contributed by atoms with Crippen molar-refractivity contribution < 1.29 is 13.5 Å². The Bertz CT molecular complexity index is 875. The van der Waals surface area contributed by atoms with Crippen LogP contribution in [-0.2, 0) is 0 Å². The summed E-state index contributed by atoms with van der Waals surface area (Å²) in [4.78, 5) is 7.88. The Kier molecular flexibility index (Phi) is 4.08. The number of aromatic nitrogens is 4. The first-order chi connectivity index (χ1) is 10.8. The van der Waals surface area contributed by atoms with Gasteiger partial charge in [0.05, 0.1) is 11.1 Å².